The zero-order chi connectivity index (χ0) is 19.4. The van der Waals surface area contributed by atoms with E-state index in [1.165, 1.54) is 0 Å². The number of carbonyl (C=O) groups is 2. The first-order valence-electron chi connectivity index (χ1n) is 8.74. The van der Waals surface area contributed by atoms with Crippen LogP contribution in [-0.2, 0) is 0 Å². The molecule has 0 saturated heterocycles. The molecule has 2 aromatic rings. The molecule has 142 valence electrons. The fourth-order valence-electron chi connectivity index (χ4n) is 2.56. The molecule has 0 atom stereocenters. The first-order chi connectivity index (χ1) is 13.0. The van der Waals surface area contributed by atoms with E-state index in [-0.39, 0.29) is 22.9 Å². The molecule has 0 bridgehead atoms. The number of rotatable bonds is 7. The predicted octanol–water partition coefficient (Wildman–Crippen LogP) is 3.89. The maximum Gasteiger partial charge on any atom is 0.255 e. The number of amides is 2. The van der Waals surface area contributed by atoms with E-state index in [4.69, 9.17) is 21.1 Å². The molecular weight excluding hydrogens is 368 g/mol. The molecule has 1 fully saturated rings. The zero-order valence-electron chi connectivity index (χ0n) is 15.2. The molecule has 2 N–H and O–H groups in total. The van der Waals surface area contributed by atoms with E-state index >= 15 is 0 Å². The molecule has 0 aliphatic heterocycles. The maximum atomic E-state index is 12.5. The van der Waals surface area contributed by atoms with Crippen LogP contribution in [0.2, 0.25) is 5.02 Å². The minimum Gasteiger partial charge on any atom is -0.493 e. The molecule has 2 amide bonds. The summed E-state index contributed by atoms with van der Waals surface area (Å²) in [6.07, 6.45) is 2.01. The molecule has 2 aromatic carbocycles. The molecule has 0 spiro atoms. The van der Waals surface area contributed by atoms with Crippen molar-refractivity contribution >= 4 is 29.1 Å². The fourth-order valence-corrected chi connectivity index (χ4v) is 2.82. The van der Waals surface area contributed by atoms with Gasteiger partial charge in [-0.1, -0.05) is 11.6 Å². The van der Waals surface area contributed by atoms with E-state index in [9.17, 15) is 9.59 Å². The highest BCUT2D eigenvalue weighted by Gasteiger charge is 2.24. The van der Waals surface area contributed by atoms with Gasteiger partial charge in [-0.05, 0) is 56.2 Å². The molecule has 7 heteroatoms. The van der Waals surface area contributed by atoms with Gasteiger partial charge in [0.15, 0.2) is 11.5 Å². The lowest BCUT2D eigenvalue weighted by atomic mass is 10.1. The van der Waals surface area contributed by atoms with Crippen LogP contribution in [0.4, 0.5) is 5.69 Å². The molecule has 1 saturated carbocycles. The van der Waals surface area contributed by atoms with Gasteiger partial charge >= 0.3 is 0 Å². The second-order valence-corrected chi connectivity index (χ2v) is 6.60. The number of methoxy groups -OCH3 is 1. The minimum absolute atomic E-state index is 0.197. The molecule has 0 heterocycles. The van der Waals surface area contributed by atoms with Gasteiger partial charge in [0.25, 0.3) is 11.8 Å². The van der Waals surface area contributed by atoms with Gasteiger partial charge in [-0.25, -0.2) is 0 Å². The Hall–Kier alpha value is -2.73. The van der Waals surface area contributed by atoms with Crippen LogP contribution in [0.25, 0.3) is 0 Å². The van der Waals surface area contributed by atoms with Crippen LogP contribution in [0.3, 0.4) is 0 Å². The van der Waals surface area contributed by atoms with Crippen molar-refractivity contribution in [2.75, 3.05) is 19.0 Å². The standard InChI is InChI=1S/C20H21ClN2O4/c1-3-27-18-10-12(4-9-17(18)26-2)19(24)23-14-7-8-15(16(21)11-14)20(25)22-13-5-6-13/h4,7-11,13H,3,5-6H2,1-2H3,(H,22,25)(H,23,24). The Morgan fingerprint density at radius 2 is 1.89 bits per heavy atom. The molecule has 0 radical (unpaired) electrons. The molecular formula is C20H21ClN2O4. The van der Waals surface area contributed by atoms with Crippen molar-refractivity contribution in [2.24, 2.45) is 0 Å². The second kappa shape index (κ2) is 8.31. The number of carbonyl (C=O) groups excluding carboxylic acids is 2. The summed E-state index contributed by atoms with van der Waals surface area (Å²) in [5.74, 6) is 0.544. The molecule has 0 aromatic heterocycles. The summed E-state index contributed by atoms with van der Waals surface area (Å²) in [7, 11) is 1.54. The molecule has 3 rings (SSSR count). The highest BCUT2D eigenvalue weighted by molar-refractivity contribution is 6.34. The van der Waals surface area contributed by atoms with Gasteiger partial charge in [-0.2, -0.15) is 0 Å². The van der Waals surface area contributed by atoms with E-state index in [1.54, 1.807) is 43.5 Å². The van der Waals surface area contributed by atoms with Crippen LogP contribution in [0.1, 0.15) is 40.5 Å². The second-order valence-electron chi connectivity index (χ2n) is 6.20. The average molecular weight is 389 g/mol. The average Bonchev–Trinajstić information content (AvgIpc) is 3.46. The molecule has 27 heavy (non-hydrogen) atoms. The first-order valence-corrected chi connectivity index (χ1v) is 9.12. The van der Waals surface area contributed by atoms with Crippen LogP contribution in [-0.4, -0.2) is 31.6 Å². The van der Waals surface area contributed by atoms with E-state index in [0.29, 0.717) is 34.9 Å². The zero-order valence-corrected chi connectivity index (χ0v) is 15.9. The van der Waals surface area contributed by atoms with Gasteiger partial charge < -0.3 is 20.1 Å². The lowest BCUT2D eigenvalue weighted by molar-refractivity contribution is 0.0950. The van der Waals surface area contributed by atoms with Gasteiger partial charge in [0, 0.05) is 17.3 Å². The normalized spacial score (nSPS) is 13.0. The first kappa shape index (κ1) is 19.0. The maximum absolute atomic E-state index is 12.5. The summed E-state index contributed by atoms with van der Waals surface area (Å²) in [5.41, 5.74) is 1.32. The van der Waals surface area contributed by atoms with Gasteiger partial charge in [0.2, 0.25) is 0 Å². The summed E-state index contributed by atoms with van der Waals surface area (Å²) in [6.45, 7) is 2.32. The number of hydrogen-bond acceptors (Lipinski definition) is 4. The van der Waals surface area contributed by atoms with Gasteiger partial charge in [-0.3, -0.25) is 9.59 Å². The van der Waals surface area contributed by atoms with E-state index in [0.717, 1.165) is 12.8 Å². The highest BCUT2D eigenvalue weighted by Crippen LogP contribution is 2.29. The van der Waals surface area contributed by atoms with E-state index in [1.807, 2.05) is 6.92 Å². The van der Waals surface area contributed by atoms with Crippen LogP contribution < -0.4 is 20.1 Å². The number of ether oxygens (including phenoxy) is 2. The summed E-state index contributed by atoms with van der Waals surface area (Å²) < 4.78 is 10.7. The summed E-state index contributed by atoms with van der Waals surface area (Å²) in [4.78, 5) is 24.6. The Morgan fingerprint density at radius 1 is 1.11 bits per heavy atom. The Labute approximate surface area is 162 Å². The molecule has 0 unspecified atom stereocenters. The van der Waals surface area contributed by atoms with Gasteiger partial charge in [0.05, 0.1) is 24.3 Å². The Kier molecular flexibility index (Phi) is 5.86. The van der Waals surface area contributed by atoms with Crippen LogP contribution in [0.15, 0.2) is 36.4 Å². The third-order valence-electron chi connectivity index (χ3n) is 4.11. The smallest absolute Gasteiger partial charge is 0.255 e. The summed E-state index contributed by atoms with van der Waals surface area (Å²) in [5, 5.41) is 5.95. The van der Waals surface area contributed by atoms with Gasteiger partial charge in [0.1, 0.15) is 0 Å². The van der Waals surface area contributed by atoms with Crippen LogP contribution >= 0.6 is 11.6 Å². The number of halogens is 1. The van der Waals surface area contributed by atoms with Crippen molar-refractivity contribution in [1.29, 1.82) is 0 Å². The Balaban J connectivity index is 1.72. The number of nitrogens with one attached hydrogen (secondary N) is 2. The predicted molar refractivity (Wildman–Crippen MR) is 104 cm³/mol. The van der Waals surface area contributed by atoms with Crippen molar-refractivity contribution < 1.29 is 19.1 Å². The Morgan fingerprint density at radius 3 is 2.52 bits per heavy atom. The highest BCUT2D eigenvalue weighted by atomic mass is 35.5. The topological polar surface area (TPSA) is 76.7 Å². The fraction of sp³-hybridized carbons (Fsp3) is 0.300. The molecule has 1 aliphatic carbocycles. The monoisotopic (exact) mass is 388 g/mol. The largest absolute Gasteiger partial charge is 0.493 e. The number of hydrogen-bond donors (Lipinski definition) is 2. The van der Waals surface area contributed by atoms with Crippen molar-refractivity contribution in [1.82, 2.24) is 5.32 Å². The van der Waals surface area contributed by atoms with Crippen molar-refractivity contribution in [2.45, 2.75) is 25.8 Å². The SMILES string of the molecule is CCOc1cc(C(=O)Nc2ccc(C(=O)NC3CC3)c(Cl)c2)ccc1OC. The third-order valence-corrected chi connectivity index (χ3v) is 4.42. The summed E-state index contributed by atoms with van der Waals surface area (Å²) >= 11 is 6.21. The molecule has 6 nitrogen and oxygen atoms in total. The Bertz CT molecular complexity index is 865. The van der Waals surface area contributed by atoms with Crippen LogP contribution in [0.5, 0.6) is 11.5 Å². The lowest BCUT2D eigenvalue weighted by Crippen LogP contribution is -2.25. The van der Waals surface area contributed by atoms with Crippen LogP contribution in [0, 0.1) is 0 Å². The quantitative estimate of drug-likeness (QED) is 0.754. The third kappa shape index (κ3) is 4.71. The van der Waals surface area contributed by atoms with Crippen molar-refractivity contribution in [3.05, 3.63) is 52.5 Å². The van der Waals surface area contributed by atoms with Gasteiger partial charge in [-0.15, -0.1) is 0 Å². The molecule has 1 aliphatic rings. The summed E-state index contributed by atoms with van der Waals surface area (Å²) in [6, 6.07) is 10.0. The lowest BCUT2D eigenvalue weighted by Gasteiger charge is -2.12. The number of anilines is 1. The van der Waals surface area contributed by atoms with Crippen molar-refractivity contribution in [3.63, 3.8) is 0 Å². The minimum atomic E-state index is -0.315. The van der Waals surface area contributed by atoms with E-state index in [2.05, 4.69) is 10.6 Å². The number of benzene rings is 2. The van der Waals surface area contributed by atoms with Crippen molar-refractivity contribution in [3.8, 4) is 11.5 Å². The van der Waals surface area contributed by atoms with E-state index < -0.39 is 0 Å².